The van der Waals surface area contributed by atoms with Gasteiger partial charge in [0.1, 0.15) is 0 Å². The summed E-state index contributed by atoms with van der Waals surface area (Å²) in [4.78, 5) is 10.4. The van der Waals surface area contributed by atoms with Crippen molar-refractivity contribution in [2.45, 2.75) is 38.5 Å². The van der Waals surface area contributed by atoms with Crippen LogP contribution >= 0.6 is 0 Å². The van der Waals surface area contributed by atoms with Gasteiger partial charge in [0.25, 0.3) is 0 Å². The maximum atomic E-state index is 7.61. The monoisotopic (exact) mass is 1050 g/mol. The van der Waals surface area contributed by atoms with E-state index in [-0.39, 0.29) is 10.8 Å². The summed E-state index contributed by atoms with van der Waals surface area (Å²) in [6.07, 6.45) is 0. The minimum absolute atomic E-state index is 0.196. The molecule has 10 aromatic rings. The molecule has 0 bridgehead atoms. The Balaban J connectivity index is 0.988. The number of rotatable bonds is 2. The molecule has 8 aliphatic heterocycles. The molecule has 0 radical (unpaired) electrons. The molecule has 8 heterocycles. The van der Waals surface area contributed by atoms with Gasteiger partial charge in [0.05, 0.1) is 0 Å². The molecule has 340 valence electrons. The molecular weight excluding hydrogens is 1000 g/mol. The summed E-state index contributed by atoms with van der Waals surface area (Å²) in [5, 5.41) is 2.41. The van der Waals surface area contributed by atoms with Crippen molar-refractivity contribution >= 4 is 134 Å². The van der Waals surface area contributed by atoms with Gasteiger partial charge in [-0.05, 0) is 0 Å². The molecule has 2 atom stereocenters. The number of fused-ring (bicyclic) bond motifs is 9. The second-order valence-corrected chi connectivity index (χ2v) is 32.8. The van der Waals surface area contributed by atoms with E-state index in [4.69, 9.17) is 9.47 Å². The van der Waals surface area contributed by atoms with Crippen LogP contribution in [0.15, 0.2) is 182 Å². The van der Waals surface area contributed by atoms with Gasteiger partial charge in [0.2, 0.25) is 0 Å². The van der Waals surface area contributed by atoms with Crippen molar-refractivity contribution in [1.82, 2.24) is 0 Å². The Morgan fingerprint density at radius 1 is 0.306 bits per heavy atom. The predicted molar refractivity (Wildman–Crippen MR) is 299 cm³/mol. The third-order valence-electron chi connectivity index (χ3n) is 17.9. The summed E-state index contributed by atoms with van der Waals surface area (Å²) in [6, 6.07) is 68.8. The summed E-state index contributed by atoms with van der Waals surface area (Å²) in [5.41, 5.74) is 20.2. The predicted octanol–water partition coefficient (Wildman–Crippen LogP) is 12.0. The van der Waals surface area contributed by atoms with Crippen LogP contribution in [0.5, 0.6) is 23.0 Å². The Morgan fingerprint density at radius 3 is 1.10 bits per heavy atom. The quantitative estimate of drug-likeness (QED) is 0.160. The zero-order valence-corrected chi connectivity index (χ0v) is 44.9. The van der Waals surface area contributed by atoms with Gasteiger partial charge in [0, 0.05) is 0 Å². The van der Waals surface area contributed by atoms with Crippen LogP contribution in [0.2, 0.25) is 0 Å². The summed E-state index contributed by atoms with van der Waals surface area (Å²) in [5.74, 6) is 4.03. The SMILES string of the molecule is CC1(C)c2ccccc2N2c3cccc4[c]3[GeH]3[c]5c(ccc1c52)Oc1cc2c5[c]6c(cc2c([c]13)N4c1ccccc1)Oc1ccc2c3[c]1[GeH]6[c]1c(cccc1N5c1ccccc1)N3c1ccccc1C2(C)C. The average molecular weight is 1050 g/mol. The Hall–Kier alpha value is -7.65. The summed E-state index contributed by atoms with van der Waals surface area (Å²) >= 11 is -6.04. The van der Waals surface area contributed by atoms with E-state index < -0.39 is 28.7 Å². The van der Waals surface area contributed by atoms with Gasteiger partial charge in [-0.25, -0.2) is 0 Å². The zero-order valence-electron chi connectivity index (χ0n) is 40.1. The Bertz CT molecular complexity index is 3960. The second-order valence-electron chi connectivity index (χ2n) is 21.9. The Labute approximate surface area is 426 Å². The molecule has 8 aliphatic rings. The number of ether oxygens (including phenoxy) is 2. The van der Waals surface area contributed by atoms with Gasteiger partial charge in [0.15, 0.2) is 0 Å². The fraction of sp³-hybridized carbons (Fsp3) is 0.0938. The normalized spacial score (nSPS) is 18.6. The van der Waals surface area contributed by atoms with Crippen molar-refractivity contribution < 1.29 is 9.47 Å². The molecule has 72 heavy (non-hydrogen) atoms. The van der Waals surface area contributed by atoms with Crippen molar-refractivity contribution in [3.8, 4) is 23.0 Å². The van der Waals surface area contributed by atoms with Crippen molar-refractivity contribution in [2.75, 3.05) is 19.6 Å². The summed E-state index contributed by atoms with van der Waals surface area (Å²) in [6.45, 7) is 9.63. The number of benzene rings is 10. The van der Waals surface area contributed by atoms with Gasteiger partial charge in [-0.15, -0.1) is 0 Å². The van der Waals surface area contributed by atoms with Gasteiger partial charge < -0.3 is 0 Å². The van der Waals surface area contributed by atoms with E-state index in [1.165, 1.54) is 116 Å². The molecule has 0 saturated carbocycles. The van der Waals surface area contributed by atoms with E-state index in [9.17, 15) is 0 Å². The van der Waals surface area contributed by atoms with E-state index in [1.54, 1.807) is 0 Å². The molecule has 0 fully saturated rings. The van der Waals surface area contributed by atoms with Crippen LogP contribution in [0.4, 0.5) is 68.2 Å². The van der Waals surface area contributed by atoms with Crippen LogP contribution in [0.1, 0.15) is 49.9 Å². The molecular formula is C64H44Ge2N4O2. The molecule has 0 amide bonds. The molecule has 18 rings (SSSR count). The van der Waals surface area contributed by atoms with E-state index in [2.05, 4.69) is 229 Å². The number of para-hydroxylation sites is 4. The van der Waals surface area contributed by atoms with Crippen LogP contribution in [0, 0.1) is 0 Å². The number of hydrogen-bond acceptors (Lipinski definition) is 6. The third-order valence-corrected chi connectivity index (χ3v) is 32.3. The van der Waals surface area contributed by atoms with E-state index in [0.717, 1.165) is 34.4 Å². The van der Waals surface area contributed by atoms with Crippen molar-refractivity contribution in [3.05, 3.63) is 204 Å². The van der Waals surface area contributed by atoms with E-state index in [1.807, 2.05) is 0 Å². The average Bonchev–Trinajstić information content (AvgIpc) is 3.41. The topological polar surface area (TPSA) is 31.4 Å². The van der Waals surface area contributed by atoms with E-state index >= 15 is 0 Å². The number of anilines is 12. The second kappa shape index (κ2) is 12.9. The first-order valence-electron chi connectivity index (χ1n) is 25.4. The van der Waals surface area contributed by atoms with Crippen molar-refractivity contribution in [3.63, 3.8) is 0 Å². The fourth-order valence-electron chi connectivity index (χ4n) is 15.0. The van der Waals surface area contributed by atoms with Crippen LogP contribution in [0.3, 0.4) is 0 Å². The number of hydrogen-bond donors (Lipinski definition) is 0. The first kappa shape index (κ1) is 39.0. The Morgan fingerprint density at radius 2 is 0.667 bits per heavy atom. The summed E-state index contributed by atoms with van der Waals surface area (Å²) in [7, 11) is 0. The molecule has 0 spiro atoms. The third kappa shape index (κ3) is 4.35. The molecule has 10 aromatic carbocycles. The standard InChI is InChI=1S/C64H44Ge2N4O2/c1-63(2)39-21-11-13-23-43(39)69-47-27-15-25-45-53(47)65-55-49(31-29-41(63)61(55)69)71-51-33-38-37(59(57(51)65)67(45)35-17-7-5-8-18-35)34-52-58-60(38)68(36-19-9-6-10-20-36)46-26-16-28-48-54(46)66(58)56-50(72-52)32-30-42-62(56)70(48)44-24-14-12-22-40(44)64(42,3)4/h5-34,65-66H,1-4H3. The minimum atomic E-state index is -3.02. The molecule has 8 heteroatoms. The van der Waals surface area contributed by atoms with Gasteiger partial charge >= 0.3 is 429 Å². The van der Waals surface area contributed by atoms with Crippen LogP contribution in [0.25, 0.3) is 10.8 Å². The van der Waals surface area contributed by atoms with Crippen molar-refractivity contribution in [1.29, 1.82) is 0 Å². The van der Waals surface area contributed by atoms with Gasteiger partial charge in [-0.2, -0.15) is 0 Å². The first-order valence-corrected chi connectivity index (χ1v) is 32.7. The van der Waals surface area contributed by atoms with Crippen LogP contribution in [-0.4, -0.2) is 28.7 Å². The zero-order chi connectivity index (χ0) is 47.3. The van der Waals surface area contributed by atoms with Crippen molar-refractivity contribution in [2.24, 2.45) is 0 Å². The van der Waals surface area contributed by atoms with Gasteiger partial charge in [-0.3, -0.25) is 0 Å². The van der Waals surface area contributed by atoms with E-state index in [0.29, 0.717) is 0 Å². The fourth-order valence-corrected chi connectivity index (χ4v) is 31.3. The van der Waals surface area contributed by atoms with Gasteiger partial charge in [-0.1, -0.05) is 0 Å². The molecule has 0 aliphatic carbocycles. The summed E-state index contributed by atoms with van der Waals surface area (Å²) < 4.78 is 23.9. The molecule has 0 N–H and O–H groups in total. The molecule has 6 nitrogen and oxygen atoms in total. The van der Waals surface area contributed by atoms with Crippen LogP contribution < -0.4 is 55.4 Å². The first-order chi connectivity index (χ1) is 35.3. The number of nitrogens with zero attached hydrogens (tertiary/aromatic N) is 4. The van der Waals surface area contributed by atoms with Crippen LogP contribution in [-0.2, 0) is 10.8 Å². The molecule has 0 saturated heterocycles. The molecule has 2 unspecified atom stereocenters. The molecule has 0 aromatic heterocycles. The maximum absolute atomic E-state index is 7.61. The Kier molecular flexibility index (Phi) is 6.97.